The zero-order chi connectivity index (χ0) is 15.7. The zero-order valence-corrected chi connectivity index (χ0v) is 11.9. The third-order valence-electron chi connectivity index (χ3n) is 4.17. The fourth-order valence-electron chi connectivity index (χ4n) is 2.60. The summed E-state index contributed by atoms with van der Waals surface area (Å²) in [5.41, 5.74) is -1.08. The Hall–Kier alpha value is -2.18. The first-order chi connectivity index (χ1) is 9.81. The Morgan fingerprint density at radius 1 is 1.43 bits per heavy atom. The molecule has 0 spiro atoms. The van der Waals surface area contributed by atoms with Gasteiger partial charge in [-0.2, -0.15) is 0 Å². The van der Waals surface area contributed by atoms with Crippen LogP contribution < -0.4 is 4.90 Å². The van der Waals surface area contributed by atoms with E-state index in [1.807, 2.05) is 0 Å². The Balaban J connectivity index is 2.43. The molecule has 1 heterocycles. The van der Waals surface area contributed by atoms with E-state index in [0.717, 1.165) is 12.5 Å². The van der Waals surface area contributed by atoms with Crippen LogP contribution in [0.3, 0.4) is 0 Å². The van der Waals surface area contributed by atoms with Crippen LogP contribution in [0.4, 0.5) is 15.8 Å². The van der Waals surface area contributed by atoms with E-state index in [0.29, 0.717) is 31.0 Å². The molecule has 2 rings (SSSR count). The first-order valence-corrected chi connectivity index (χ1v) is 6.77. The number of benzene rings is 1. The van der Waals surface area contributed by atoms with Gasteiger partial charge in [-0.3, -0.25) is 10.1 Å². The predicted molar refractivity (Wildman–Crippen MR) is 75.2 cm³/mol. The standard InChI is InChI=1S/C14H17FN2O4/c1-8-3-4-16(7-9(8)2)13-5-10(14(18)19)12(17(20)21)6-11(13)15/h5-6,8-9H,3-4,7H2,1-2H3,(H,18,19). The van der Waals surface area contributed by atoms with Crippen molar-refractivity contribution in [2.24, 2.45) is 11.8 Å². The molecule has 1 N–H and O–H groups in total. The highest BCUT2D eigenvalue weighted by Crippen LogP contribution is 2.32. The number of nitrogens with zero attached hydrogens (tertiary/aromatic N) is 2. The van der Waals surface area contributed by atoms with E-state index in [1.165, 1.54) is 0 Å². The summed E-state index contributed by atoms with van der Waals surface area (Å²) >= 11 is 0. The predicted octanol–water partition coefficient (Wildman–Crippen LogP) is 2.91. The molecular weight excluding hydrogens is 279 g/mol. The van der Waals surface area contributed by atoms with Gasteiger partial charge in [-0.15, -0.1) is 0 Å². The minimum Gasteiger partial charge on any atom is -0.477 e. The third kappa shape index (κ3) is 2.96. The van der Waals surface area contributed by atoms with Gasteiger partial charge in [0.25, 0.3) is 5.69 Å². The molecule has 0 amide bonds. The fourth-order valence-corrected chi connectivity index (χ4v) is 2.60. The lowest BCUT2D eigenvalue weighted by molar-refractivity contribution is -0.385. The maximum atomic E-state index is 14.1. The van der Waals surface area contributed by atoms with Crippen molar-refractivity contribution in [2.75, 3.05) is 18.0 Å². The van der Waals surface area contributed by atoms with Crippen molar-refractivity contribution in [3.63, 3.8) is 0 Å². The van der Waals surface area contributed by atoms with Crippen molar-refractivity contribution in [1.29, 1.82) is 0 Å². The van der Waals surface area contributed by atoms with Crippen LogP contribution in [0.5, 0.6) is 0 Å². The quantitative estimate of drug-likeness (QED) is 0.685. The van der Waals surface area contributed by atoms with Crippen molar-refractivity contribution in [1.82, 2.24) is 0 Å². The molecule has 0 saturated carbocycles. The molecule has 1 aromatic rings. The number of nitro benzene ring substituents is 1. The van der Waals surface area contributed by atoms with Gasteiger partial charge in [0.1, 0.15) is 5.56 Å². The summed E-state index contributed by atoms with van der Waals surface area (Å²) in [7, 11) is 0. The number of carboxylic acids is 1. The molecule has 1 fully saturated rings. The van der Waals surface area contributed by atoms with Crippen molar-refractivity contribution in [3.8, 4) is 0 Å². The van der Waals surface area contributed by atoms with Gasteiger partial charge in [-0.25, -0.2) is 9.18 Å². The number of hydrogen-bond acceptors (Lipinski definition) is 4. The minimum absolute atomic E-state index is 0.122. The van der Waals surface area contributed by atoms with Crippen LogP contribution in [0.25, 0.3) is 0 Å². The van der Waals surface area contributed by atoms with E-state index >= 15 is 0 Å². The summed E-state index contributed by atoms with van der Waals surface area (Å²) in [6.07, 6.45) is 0.875. The number of anilines is 1. The molecular formula is C14H17FN2O4. The van der Waals surface area contributed by atoms with E-state index in [4.69, 9.17) is 5.11 Å². The highest BCUT2D eigenvalue weighted by molar-refractivity contribution is 5.93. The first-order valence-electron chi connectivity index (χ1n) is 6.77. The Bertz CT molecular complexity index is 591. The normalized spacial score (nSPS) is 22.1. The van der Waals surface area contributed by atoms with Gasteiger partial charge in [0.15, 0.2) is 5.82 Å². The lowest BCUT2D eigenvalue weighted by atomic mass is 9.88. The molecule has 0 radical (unpaired) electrons. The van der Waals surface area contributed by atoms with E-state index in [2.05, 4.69) is 13.8 Å². The number of aromatic carboxylic acids is 1. The van der Waals surface area contributed by atoms with Crippen molar-refractivity contribution < 1.29 is 19.2 Å². The number of hydrogen-bond donors (Lipinski definition) is 1. The van der Waals surface area contributed by atoms with Gasteiger partial charge >= 0.3 is 5.97 Å². The van der Waals surface area contributed by atoms with E-state index < -0.39 is 28.0 Å². The SMILES string of the molecule is CC1CCN(c2cc(C(=O)O)c([N+](=O)[O-])cc2F)CC1C. The van der Waals surface area contributed by atoms with Crippen LogP contribution in [0, 0.1) is 27.8 Å². The molecule has 114 valence electrons. The molecule has 0 aromatic heterocycles. The van der Waals surface area contributed by atoms with Crippen molar-refractivity contribution >= 4 is 17.3 Å². The van der Waals surface area contributed by atoms with Crippen LogP contribution >= 0.6 is 0 Å². The van der Waals surface area contributed by atoms with E-state index in [1.54, 1.807) is 4.90 Å². The van der Waals surface area contributed by atoms with Gasteiger partial charge in [-0.05, 0) is 24.3 Å². The molecule has 2 unspecified atom stereocenters. The Morgan fingerprint density at radius 2 is 2.10 bits per heavy atom. The summed E-state index contributed by atoms with van der Waals surface area (Å²) < 4.78 is 14.1. The second-order valence-electron chi connectivity index (χ2n) is 5.57. The molecule has 1 saturated heterocycles. The fraction of sp³-hybridized carbons (Fsp3) is 0.500. The maximum Gasteiger partial charge on any atom is 0.342 e. The molecule has 6 nitrogen and oxygen atoms in total. The molecule has 0 aliphatic carbocycles. The second-order valence-corrected chi connectivity index (χ2v) is 5.57. The highest BCUT2D eigenvalue weighted by Gasteiger charge is 2.28. The monoisotopic (exact) mass is 296 g/mol. The van der Waals surface area contributed by atoms with E-state index in [9.17, 15) is 19.3 Å². The highest BCUT2D eigenvalue weighted by atomic mass is 19.1. The number of carbonyl (C=O) groups is 1. The van der Waals surface area contributed by atoms with Crippen LogP contribution in [-0.2, 0) is 0 Å². The van der Waals surface area contributed by atoms with Crippen LogP contribution in [0.1, 0.15) is 30.6 Å². The van der Waals surface area contributed by atoms with Crippen LogP contribution in [-0.4, -0.2) is 29.1 Å². The number of rotatable bonds is 3. The van der Waals surface area contributed by atoms with Gasteiger partial charge in [0.2, 0.25) is 0 Å². The summed E-state index contributed by atoms with van der Waals surface area (Å²) in [6.45, 7) is 5.39. The average molecular weight is 296 g/mol. The summed E-state index contributed by atoms with van der Waals surface area (Å²) in [5.74, 6) is -1.32. The Labute approximate surface area is 121 Å². The number of carboxylic acid groups (broad SMARTS) is 1. The molecule has 0 bridgehead atoms. The summed E-state index contributed by atoms with van der Waals surface area (Å²) in [6, 6.07) is 1.76. The molecule has 2 atom stereocenters. The smallest absolute Gasteiger partial charge is 0.342 e. The number of halogens is 1. The van der Waals surface area contributed by atoms with Gasteiger partial charge in [0, 0.05) is 13.1 Å². The van der Waals surface area contributed by atoms with Crippen molar-refractivity contribution in [3.05, 3.63) is 33.6 Å². The van der Waals surface area contributed by atoms with Crippen LogP contribution in [0.2, 0.25) is 0 Å². The zero-order valence-electron chi connectivity index (χ0n) is 11.9. The molecule has 1 aliphatic heterocycles. The number of nitro groups is 1. The molecule has 21 heavy (non-hydrogen) atoms. The Kier molecular flexibility index (Phi) is 4.11. The minimum atomic E-state index is -1.43. The van der Waals surface area contributed by atoms with Crippen LogP contribution in [0.15, 0.2) is 12.1 Å². The second kappa shape index (κ2) is 5.67. The molecule has 1 aromatic carbocycles. The Morgan fingerprint density at radius 3 is 2.62 bits per heavy atom. The largest absolute Gasteiger partial charge is 0.477 e. The number of piperidine rings is 1. The summed E-state index contributed by atoms with van der Waals surface area (Å²) in [5, 5.41) is 19.9. The lowest BCUT2D eigenvalue weighted by Gasteiger charge is -2.37. The maximum absolute atomic E-state index is 14.1. The lowest BCUT2D eigenvalue weighted by Crippen LogP contribution is -2.39. The van der Waals surface area contributed by atoms with Gasteiger partial charge in [-0.1, -0.05) is 13.8 Å². The van der Waals surface area contributed by atoms with E-state index in [-0.39, 0.29) is 5.69 Å². The molecule has 1 aliphatic rings. The molecule has 7 heteroatoms. The topological polar surface area (TPSA) is 83.7 Å². The average Bonchev–Trinajstić information content (AvgIpc) is 2.41. The van der Waals surface area contributed by atoms with Crippen molar-refractivity contribution in [2.45, 2.75) is 20.3 Å². The first kappa shape index (κ1) is 15.2. The third-order valence-corrected chi connectivity index (χ3v) is 4.17. The summed E-state index contributed by atoms with van der Waals surface area (Å²) in [4.78, 5) is 22.8. The van der Waals surface area contributed by atoms with Gasteiger partial charge < -0.3 is 10.0 Å². The van der Waals surface area contributed by atoms with Gasteiger partial charge in [0.05, 0.1) is 16.7 Å².